The third-order valence-corrected chi connectivity index (χ3v) is 4.38. The van der Waals surface area contributed by atoms with Gasteiger partial charge in [-0.25, -0.2) is 13.6 Å². The van der Waals surface area contributed by atoms with Gasteiger partial charge >= 0.3 is 0 Å². The average molecular weight is 301 g/mol. The standard InChI is InChI=1S/C12H19N3O4S/c1-8-11(15-2-3-19-10(6-15)7-16)4-9(13)5-12(8)20(14,17)18/h4-5,10,16H,2-3,6-7,13H2,1H3,(H2,14,17,18). The van der Waals surface area contributed by atoms with Crippen LogP contribution in [0.15, 0.2) is 17.0 Å². The molecule has 0 radical (unpaired) electrons. The predicted octanol–water partition coefficient (Wildman–Crippen LogP) is -0.578. The van der Waals surface area contributed by atoms with Crippen LogP contribution in [0.25, 0.3) is 0 Å². The van der Waals surface area contributed by atoms with Gasteiger partial charge in [0.1, 0.15) is 0 Å². The Morgan fingerprint density at radius 1 is 1.50 bits per heavy atom. The van der Waals surface area contributed by atoms with Crippen molar-refractivity contribution in [1.82, 2.24) is 0 Å². The molecule has 2 rings (SSSR count). The fourth-order valence-corrected chi connectivity index (χ4v) is 3.20. The molecule has 0 aliphatic carbocycles. The zero-order valence-electron chi connectivity index (χ0n) is 11.2. The minimum atomic E-state index is -3.82. The third kappa shape index (κ3) is 3.04. The van der Waals surface area contributed by atoms with E-state index in [2.05, 4.69) is 0 Å². The highest BCUT2D eigenvalue weighted by Gasteiger charge is 2.24. The van der Waals surface area contributed by atoms with Crippen molar-refractivity contribution in [3.8, 4) is 0 Å². The van der Waals surface area contributed by atoms with Crippen molar-refractivity contribution >= 4 is 21.4 Å². The van der Waals surface area contributed by atoms with E-state index in [1.165, 1.54) is 6.07 Å². The highest BCUT2D eigenvalue weighted by Crippen LogP contribution is 2.30. The number of benzene rings is 1. The van der Waals surface area contributed by atoms with Gasteiger partial charge in [0.25, 0.3) is 0 Å². The lowest BCUT2D eigenvalue weighted by Gasteiger charge is -2.35. The van der Waals surface area contributed by atoms with E-state index in [1.54, 1.807) is 13.0 Å². The molecule has 1 aromatic rings. The maximum atomic E-state index is 11.6. The number of hydrogen-bond donors (Lipinski definition) is 3. The van der Waals surface area contributed by atoms with Gasteiger partial charge in [-0.3, -0.25) is 0 Å². The largest absolute Gasteiger partial charge is 0.399 e. The van der Waals surface area contributed by atoms with E-state index in [0.717, 1.165) is 0 Å². The fourth-order valence-electron chi connectivity index (χ4n) is 2.37. The third-order valence-electron chi connectivity index (χ3n) is 3.34. The lowest BCUT2D eigenvalue weighted by molar-refractivity contribution is 0.00353. The summed E-state index contributed by atoms with van der Waals surface area (Å²) in [5.41, 5.74) is 7.37. The van der Waals surface area contributed by atoms with Gasteiger partial charge in [0.2, 0.25) is 10.0 Å². The van der Waals surface area contributed by atoms with Crippen molar-refractivity contribution in [3.05, 3.63) is 17.7 Å². The first-order valence-electron chi connectivity index (χ1n) is 6.23. The summed E-state index contributed by atoms with van der Waals surface area (Å²) in [5.74, 6) is 0. The van der Waals surface area contributed by atoms with Gasteiger partial charge in [0, 0.05) is 24.5 Å². The van der Waals surface area contributed by atoms with E-state index in [-0.39, 0.29) is 17.6 Å². The number of aliphatic hydroxyl groups excluding tert-OH is 1. The molecular weight excluding hydrogens is 282 g/mol. The van der Waals surface area contributed by atoms with Crippen LogP contribution >= 0.6 is 0 Å². The van der Waals surface area contributed by atoms with E-state index in [0.29, 0.717) is 36.6 Å². The Labute approximate surface area is 118 Å². The summed E-state index contributed by atoms with van der Waals surface area (Å²) < 4.78 is 28.6. The molecule has 0 saturated carbocycles. The minimum absolute atomic E-state index is 0.0274. The van der Waals surface area contributed by atoms with Crippen molar-refractivity contribution in [3.63, 3.8) is 0 Å². The Kier molecular flexibility index (Phi) is 4.19. The number of nitrogen functional groups attached to an aromatic ring is 1. The van der Waals surface area contributed by atoms with Crippen LogP contribution in [-0.2, 0) is 14.8 Å². The van der Waals surface area contributed by atoms with Crippen LogP contribution in [0, 0.1) is 6.92 Å². The van der Waals surface area contributed by atoms with Gasteiger partial charge < -0.3 is 20.5 Å². The highest BCUT2D eigenvalue weighted by atomic mass is 32.2. The number of hydrogen-bond acceptors (Lipinski definition) is 6. The summed E-state index contributed by atoms with van der Waals surface area (Å²) in [6.07, 6.45) is -0.289. The Hall–Kier alpha value is -1.35. The van der Waals surface area contributed by atoms with Crippen LogP contribution < -0.4 is 15.8 Å². The Morgan fingerprint density at radius 2 is 2.20 bits per heavy atom. The second-order valence-corrected chi connectivity index (χ2v) is 6.36. The van der Waals surface area contributed by atoms with Crippen LogP contribution in [0.3, 0.4) is 0 Å². The Balaban J connectivity index is 2.44. The molecule has 5 N–H and O–H groups in total. The van der Waals surface area contributed by atoms with E-state index >= 15 is 0 Å². The SMILES string of the molecule is Cc1c(N2CCOC(CO)C2)cc(N)cc1S(N)(=O)=O. The number of primary sulfonamides is 1. The molecule has 1 atom stereocenters. The van der Waals surface area contributed by atoms with Crippen molar-refractivity contribution in [1.29, 1.82) is 0 Å². The fraction of sp³-hybridized carbons (Fsp3) is 0.500. The number of nitrogens with zero attached hydrogens (tertiary/aromatic N) is 1. The second-order valence-electron chi connectivity index (χ2n) is 4.83. The summed E-state index contributed by atoms with van der Waals surface area (Å²) >= 11 is 0. The van der Waals surface area contributed by atoms with Crippen LogP contribution in [0.1, 0.15) is 5.56 Å². The number of morpholine rings is 1. The van der Waals surface area contributed by atoms with E-state index in [9.17, 15) is 13.5 Å². The summed E-state index contributed by atoms with van der Waals surface area (Å²) in [5, 5.41) is 14.4. The maximum Gasteiger partial charge on any atom is 0.238 e. The van der Waals surface area contributed by atoms with Crippen LogP contribution in [-0.4, -0.2) is 45.9 Å². The molecule has 1 unspecified atom stereocenters. The number of ether oxygens (including phenoxy) is 1. The molecule has 20 heavy (non-hydrogen) atoms. The van der Waals surface area contributed by atoms with Crippen LogP contribution in [0.2, 0.25) is 0 Å². The second kappa shape index (κ2) is 5.57. The topological polar surface area (TPSA) is 119 Å². The molecule has 1 saturated heterocycles. The molecule has 0 amide bonds. The minimum Gasteiger partial charge on any atom is -0.399 e. The normalized spacial score (nSPS) is 20.1. The molecule has 112 valence electrons. The number of rotatable bonds is 3. The van der Waals surface area contributed by atoms with Gasteiger partial charge in [-0.1, -0.05) is 0 Å². The van der Waals surface area contributed by atoms with Gasteiger partial charge in [-0.05, 0) is 24.6 Å². The maximum absolute atomic E-state index is 11.6. The van der Waals surface area contributed by atoms with Crippen molar-refractivity contribution in [2.24, 2.45) is 5.14 Å². The molecule has 0 spiro atoms. The Bertz CT molecular complexity index is 603. The molecule has 7 nitrogen and oxygen atoms in total. The number of sulfonamides is 1. The first-order chi connectivity index (χ1) is 9.32. The van der Waals surface area contributed by atoms with Gasteiger partial charge in [-0.2, -0.15) is 0 Å². The van der Waals surface area contributed by atoms with Gasteiger partial charge in [-0.15, -0.1) is 0 Å². The zero-order valence-corrected chi connectivity index (χ0v) is 12.1. The van der Waals surface area contributed by atoms with E-state index in [1.807, 2.05) is 4.90 Å². The lowest BCUT2D eigenvalue weighted by Crippen LogP contribution is -2.44. The molecule has 1 aliphatic rings. The first-order valence-corrected chi connectivity index (χ1v) is 7.78. The Morgan fingerprint density at radius 3 is 2.80 bits per heavy atom. The van der Waals surface area contributed by atoms with Crippen molar-refractivity contribution in [2.75, 3.05) is 36.9 Å². The molecule has 8 heteroatoms. The summed E-state index contributed by atoms with van der Waals surface area (Å²) in [6, 6.07) is 3.07. The summed E-state index contributed by atoms with van der Waals surface area (Å²) in [7, 11) is -3.82. The highest BCUT2D eigenvalue weighted by molar-refractivity contribution is 7.89. The first kappa shape index (κ1) is 15.0. The van der Waals surface area contributed by atoms with Crippen LogP contribution in [0.4, 0.5) is 11.4 Å². The average Bonchev–Trinajstić information content (AvgIpc) is 2.40. The summed E-state index contributed by atoms with van der Waals surface area (Å²) in [6.45, 7) is 3.15. The van der Waals surface area contributed by atoms with Crippen molar-refractivity contribution < 1.29 is 18.3 Å². The van der Waals surface area contributed by atoms with Crippen LogP contribution in [0.5, 0.6) is 0 Å². The van der Waals surface area contributed by atoms with Crippen molar-refractivity contribution in [2.45, 2.75) is 17.9 Å². The molecular formula is C12H19N3O4S. The lowest BCUT2D eigenvalue weighted by atomic mass is 10.1. The molecule has 1 heterocycles. The van der Waals surface area contributed by atoms with Gasteiger partial charge in [0.15, 0.2) is 0 Å². The summed E-state index contributed by atoms with van der Waals surface area (Å²) in [4.78, 5) is 1.98. The zero-order chi connectivity index (χ0) is 14.9. The molecule has 0 bridgehead atoms. The van der Waals surface area contributed by atoms with Gasteiger partial charge in [0.05, 0.1) is 24.2 Å². The smallest absolute Gasteiger partial charge is 0.238 e. The molecule has 1 aromatic carbocycles. The molecule has 1 aliphatic heterocycles. The number of anilines is 2. The quantitative estimate of drug-likeness (QED) is 0.643. The number of nitrogens with two attached hydrogens (primary N) is 2. The monoisotopic (exact) mass is 301 g/mol. The van der Waals surface area contributed by atoms with E-state index < -0.39 is 10.0 Å². The number of aliphatic hydroxyl groups is 1. The molecule has 0 aromatic heterocycles. The predicted molar refractivity (Wildman–Crippen MR) is 76.0 cm³/mol. The van der Waals surface area contributed by atoms with E-state index in [4.69, 9.17) is 15.6 Å². The molecule has 1 fully saturated rings.